The number of carbonyl (C=O) groups excluding carboxylic acids is 1. The van der Waals surface area contributed by atoms with Crippen LogP contribution in [0.5, 0.6) is 11.5 Å². The van der Waals surface area contributed by atoms with Crippen molar-refractivity contribution in [3.8, 4) is 11.5 Å². The van der Waals surface area contributed by atoms with E-state index < -0.39 is 10.0 Å². The molecule has 9 heteroatoms. The number of amides is 1. The van der Waals surface area contributed by atoms with E-state index in [1.807, 2.05) is 12.1 Å². The second kappa shape index (κ2) is 9.09. The van der Waals surface area contributed by atoms with Crippen molar-refractivity contribution in [2.24, 2.45) is 0 Å². The maximum Gasteiger partial charge on any atom is 0.257 e. The molecule has 164 valence electrons. The maximum atomic E-state index is 13.1. The first-order valence-corrected chi connectivity index (χ1v) is 11.5. The van der Waals surface area contributed by atoms with Crippen LogP contribution in [0, 0.1) is 13.8 Å². The van der Waals surface area contributed by atoms with E-state index in [1.165, 1.54) is 0 Å². The highest BCUT2D eigenvalue weighted by Crippen LogP contribution is 2.28. The minimum atomic E-state index is -3.86. The van der Waals surface area contributed by atoms with Crippen LogP contribution in [0.2, 0.25) is 0 Å². The standard InChI is InChI=1S/C21H29N3O5S/c1-14-19(21(25)24-11-5-6-12-24)20(15(2)23-14)30(26,27)22-10-9-16-7-8-17(28-3)18(13-16)29-4/h7-8,13,22-23H,5-6,9-12H2,1-4H3. The summed E-state index contributed by atoms with van der Waals surface area (Å²) in [4.78, 5) is 17.8. The monoisotopic (exact) mass is 435 g/mol. The average Bonchev–Trinajstić information content (AvgIpc) is 3.35. The van der Waals surface area contributed by atoms with Crippen molar-refractivity contribution in [1.29, 1.82) is 0 Å². The molecule has 0 aliphatic carbocycles. The second-order valence-electron chi connectivity index (χ2n) is 7.42. The summed E-state index contributed by atoms with van der Waals surface area (Å²) in [6.45, 7) is 4.93. The van der Waals surface area contributed by atoms with Gasteiger partial charge in [0.25, 0.3) is 5.91 Å². The van der Waals surface area contributed by atoms with Crippen LogP contribution in [-0.2, 0) is 16.4 Å². The molecule has 0 radical (unpaired) electrons. The van der Waals surface area contributed by atoms with Crippen molar-refractivity contribution in [1.82, 2.24) is 14.6 Å². The lowest BCUT2D eigenvalue weighted by Gasteiger charge is -2.17. The molecule has 1 saturated heterocycles. The molecule has 0 saturated carbocycles. The molecule has 2 heterocycles. The smallest absolute Gasteiger partial charge is 0.257 e. The number of likely N-dealkylation sites (tertiary alicyclic amines) is 1. The Morgan fingerprint density at radius 1 is 1.10 bits per heavy atom. The molecule has 0 atom stereocenters. The predicted octanol–water partition coefficient (Wildman–Crippen LogP) is 2.41. The minimum Gasteiger partial charge on any atom is -0.493 e. The topological polar surface area (TPSA) is 101 Å². The van der Waals surface area contributed by atoms with Gasteiger partial charge < -0.3 is 19.4 Å². The molecular formula is C21H29N3O5S. The number of benzene rings is 1. The van der Waals surface area contributed by atoms with E-state index in [0.717, 1.165) is 18.4 Å². The van der Waals surface area contributed by atoms with E-state index in [4.69, 9.17) is 9.47 Å². The lowest BCUT2D eigenvalue weighted by Crippen LogP contribution is -2.32. The Bertz CT molecular complexity index is 1020. The van der Waals surface area contributed by atoms with Crippen molar-refractivity contribution in [2.45, 2.75) is 38.0 Å². The van der Waals surface area contributed by atoms with Gasteiger partial charge >= 0.3 is 0 Å². The highest BCUT2D eigenvalue weighted by molar-refractivity contribution is 7.89. The van der Waals surface area contributed by atoms with Gasteiger partial charge in [-0.25, -0.2) is 13.1 Å². The molecule has 8 nitrogen and oxygen atoms in total. The number of aryl methyl sites for hydroxylation is 2. The number of methoxy groups -OCH3 is 2. The zero-order valence-electron chi connectivity index (χ0n) is 17.9. The summed E-state index contributed by atoms with van der Waals surface area (Å²) in [6, 6.07) is 5.47. The van der Waals surface area contributed by atoms with Gasteiger partial charge in [-0.15, -0.1) is 0 Å². The lowest BCUT2D eigenvalue weighted by molar-refractivity contribution is 0.0788. The average molecular weight is 436 g/mol. The van der Waals surface area contributed by atoms with Crippen LogP contribution in [0.15, 0.2) is 23.1 Å². The number of ether oxygens (including phenoxy) is 2. The molecule has 30 heavy (non-hydrogen) atoms. The zero-order chi connectivity index (χ0) is 21.9. The van der Waals surface area contributed by atoms with Gasteiger partial charge in [0.2, 0.25) is 10.0 Å². The molecule has 1 aromatic heterocycles. The largest absolute Gasteiger partial charge is 0.493 e. The van der Waals surface area contributed by atoms with Crippen LogP contribution in [0.4, 0.5) is 0 Å². The number of rotatable bonds is 8. The van der Waals surface area contributed by atoms with Crippen LogP contribution >= 0.6 is 0 Å². The molecule has 1 aliphatic heterocycles. The Balaban J connectivity index is 1.77. The Morgan fingerprint density at radius 2 is 1.77 bits per heavy atom. The summed E-state index contributed by atoms with van der Waals surface area (Å²) in [6.07, 6.45) is 2.36. The summed E-state index contributed by atoms with van der Waals surface area (Å²) in [5, 5.41) is 0. The van der Waals surface area contributed by atoms with Gasteiger partial charge in [-0.1, -0.05) is 6.07 Å². The van der Waals surface area contributed by atoms with Gasteiger partial charge in [0.1, 0.15) is 4.90 Å². The quantitative estimate of drug-likeness (QED) is 0.663. The molecule has 1 fully saturated rings. The van der Waals surface area contributed by atoms with Crippen LogP contribution in [0.1, 0.15) is 40.2 Å². The first kappa shape index (κ1) is 22.2. The minimum absolute atomic E-state index is 0.0456. The fourth-order valence-electron chi connectivity index (χ4n) is 3.87. The highest BCUT2D eigenvalue weighted by Gasteiger charge is 2.32. The van der Waals surface area contributed by atoms with Gasteiger partial charge in [-0.3, -0.25) is 4.79 Å². The molecule has 2 N–H and O–H groups in total. The van der Waals surface area contributed by atoms with E-state index in [9.17, 15) is 13.2 Å². The predicted molar refractivity (Wildman–Crippen MR) is 114 cm³/mol. The molecule has 3 rings (SSSR count). The fourth-order valence-corrected chi connectivity index (χ4v) is 5.35. The SMILES string of the molecule is COc1ccc(CCNS(=O)(=O)c2c(C)[nH]c(C)c2C(=O)N2CCCC2)cc1OC. The number of hydrogen-bond acceptors (Lipinski definition) is 5. The maximum absolute atomic E-state index is 13.1. The summed E-state index contributed by atoms with van der Waals surface area (Å²) in [7, 11) is -0.739. The number of nitrogens with one attached hydrogen (secondary N) is 2. The lowest BCUT2D eigenvalue weighted by atomic mass is 10.1. The number of hydrogen-bond donors (Lipinski definition) is 2. The van der Waals surface area contributed by atoms with E-state index in [2.05, 4.69) is 9.71 Å². The Hall–Kier alpha value is -2.52. The Labute approximate surface area is 177 Å². The van der Waals surface area contributed by atoms with Crippen LogP contribution in [0.3, 0.4) is 0 Å². The molecule has 1 aliphatic rings. The third kappa shape index (κ3) is 4.46. The van der Waals surface area contributed by atoms with Gasteiger partial charge in [0.05, 0.1) is 19.8 Å². The molecule has 0 unspecified atom stereocenters. The molecule has 1 aromatic carbocycles. The van der Waals surface area contributed by atoms with Gasteiger partial charge in [0, 0.05) is 31.0 Å². The van der Waals surface area contributed by atoms with Crippen LogP contribution < -0.4 is 14.2 Å². The third-order valence-electron chi connectivity index (χ3n) is 5.35. The van der Waals surface area contributed by atoms with Gasteiger partial charge in [0.15, 0.2) is 11.5 Å². The summed E-state index contributed by atoms with van der Waals surface area (Å²) >= 11 is 0. The number of H-pyrrole nitrogens is 1. The molecule has 0 spiro atoms. The number of carbonyl (C=O) groups is 1. The molecule has 2 aromatic rings. The third-order valence-corrected chi connectivity index (χ3v) is 6.98. The highest BCUT2D eigenvalue weighted by atomic mass is 32.2. The summed E-state index contributed by atoms with van der Waals surface area (Å²) < 4.78 is 39.3. The van der Waals surface area contributed by atoms with E-state index in [0.29, 0.717) is 42.4 Å². The fraction of sp³-hybridized carbons (Fsp3) is 0.476. The molecule has 0 bridgehead atoms. The number of sulfonamides is 1. The first-order valence-electron chi connectivity index (χ1n) is 9.97. The van der Waals surface area contributed by atoms with Crippen LogP contribution in [-0.4, -0.2) is 58.1 Å². The summed E-state index contributed by atoms with van der Waals surface area (Å²) in [5.41, 5.74) is 2.19. The second-order valence-corrected chi connectivity index (χ2v) is 9.12. The van der Waals surface area contributed by atoms with E-state index in [-0.39, 0.29) is 22.9 Å². The van der Waals surface area contributed by atoms with Crippen molar-refractivity contribution < 1.29 is 22.7 Å². The van der Waals surface area contributed by atoms with Gasteiger partial charge in [-0.2, -0.15) is 0 Å². The zero-order valence-corrected chi connectivity index (χ0v) is 18.7. The summed E-state index contributed by atoms with van der Waals surface area (Å²) in [5.74, 6) is 0.980. The van der Waals surface area contributed by atoms with Crippen LogP contribution in [0.25, 0.3) is 0 Å². The van der Waals surface area contributed by atoms with Crippen molar-refractivity contribution >= 4 is 15.9 Å². The van der Waals surface area contributed by atoms with Crippen molar-refractivity contribution in [2.75, 3.05) is 33.9 Å². The normalized spacial score (nSPS) is 14.2. The number of nitrogens with zero attached hydrogens (tertiary/aromatic N) is 1. The van der Waals surface area contributed by atoms with Gasteiger partial charge in [-0.05, 0) is 50.8 Å². The van der Waals surface area contributed by atoms with Crippen molar-refractivity contribution in [3.05, 3.63) is 40.7 Å². The molecule has 1 amide bonds. The van der Waals surface area contributed by atoms with E-state index >= 15 is 0 Å². The number of aromatic amines is 1. The first-order chi connectivity index (χ1) is 14.3. The van der Waals surface area contributed by atoms with E-state index in [1.54, 1.807) is 39.0 Å². The van der Waals surface area contributed by atoms with Crippen molar-refractivity contribution in [3.63, 3.8) is 0 Å². The Kier molecular flexibility index (Phi) is 6.72. The number of aromatic nitrogens is 1. The Morgan fingerprint density at radius 3 is 2.40 bits per heavy atom. The molecular weight excluding hydrogens is 406 g/mol.